The van der Waals surface area contributed by atoms with Crippen LogP contribution in [0.1, 0.15) is 44.2 Å². The van der Waals surface area contributed by atoms with Crippen LogP contribution in [0.2, 0.25) is 0 Å². The number of piperidine rings is 1. The van der Waals surface area contributed by atoms with Crippen LogP contribution in [-0.2, 0) is 14.8 Å². The lowest BCUT2D eigenvalue weighted by atomic mass is 9.97. The van der Waals surface area contributed by atoms with Gasteiger partial charge in [-0.15, -0.1) is 0 Å². The van der Waals surface area contributed by atoms with Gasteiger partial charge in [-0.1, -0.05) is 13.0 Å². The van der Waals surface area contributed by atoms with Gasteiger partial charge in [0.1, 0.15) is 0 Å². The van der Waals surface area contributed by atoms with Crippen LogP contribution in [0.15, 0.2) is 23.1 Å². The minimum atomic E-state index is -3.48. The minimum absolute atomic E-state index is 0.0487. The van der Waals surface area contributed by atoms with Crippen molar-refractivity contribution in [2.45, 2.75) is 57.9 Å². The maximum atomic E-state index is 12.8. The van der Waals surface area contributed by atoms with Crippen molar-refractivity contribution in [1.29, 1.82) is 0 Å². The fraction of sp³-hybridized carbons (Fsp3) is 0.611. The molecular formula is C18H28N2O3S. The lowest BCUT2D eigenvalue weighted by Crippen LogP contribution is -2.44. The molecule has 2 rings (SSSR count). The Hall–Kier alpha value is -1.40. The molecule has 1 amide bonds. The zero-order chi connectivity index (χ0) is 17.9. The normalized spacial score (nSPS) is 18.3. The van der Waals surface area contributed by atoms with Crippen LogP contribution < -0.4 is 5.32 Å². The van der Waals surface area contributed by atoms with E-state index in [0.29, 0.717) is 30.8 Å². The maximum absolute atomic E-state index is 12.8. The number of sulfonamides is 1. The summed E-state index contributed by atoms with van der Waals surface area (Å²) in [6, 6.07) is 5.40. The van der Waals surface area contributed by atoms with Gasteiger partial charge in [0.05, 0.1) is 4.90 Å². The quantitative estimate of drug-likeness (QED) is 0.886. The highest BCUT2D eigenvalue weighted by atomic mass is 32.2. The summed E-state index contributed by atoms with van der Waals surface area (Å²) in [7, 11) is -3.48. The Bertz CT molecular complexity index is 692. The monoisotopic (exact) mass is 352 g/mol. The molecule has 0 radical (unpaired) electrons. The highest BCUT2D eigenvalue weighted by Gasteiger charge is 2.32. The van der Waals surface area contributed by atoms with E-state index in [2.05, 4.69) is 5.32 Å². The highest BCUT2D eigenvalue weighted by Crippen LogP contribution is 2.25. The average molecular weight is 353 g/mol. The van der Waals surface area contributed by atoms with E-state index in [9.17, 15) is 13.2 Å². The third kappa shape index (κ3) is 4.16. The lowest BCUT2D eigenvalue weighted by Gasteiger charge is -2.31. The fourth-order valence-electron chi connectivity index (χ4n) is 2.84. The number of benzene rings is 1. The van der Waals surface area contributed by atoms with Gasteiger partial charge < -0.3 is 5.32 Å². The Balaban J connectivity index is 2.03. The summed E-state index contributed by atoms with van der Waals surface area (Å²) in [5.41, 5.74) is 2.05. The predicted molar refractivity (Wildman–Crippen MR) is 95.3 cm³/mol. The third-order valence-corrected chi connectivity index (χ3v) is 6.84. The van der Waals surface area contributed by atoms with E-state index in [1.165, 1.54) is 4.31 Å². The molecule has 1 aromatic rings. The number of rotatable bonds is 5. The molecule has 1 unspecified atom stereocenters. The molecule has 0 aromatic heterocycles. The number of amides is 1. The van der Waals surface area contributed by atoms with E-state index in [0.717, 1.165) is 17.5 Å². The van der Waals surface area contributed by atoms with Gasteiger partial charge in [-0.05, 0) is 63.3 Å². The van der Waals surface area contributed by atoms with Crippen LogP contribution in [0, 0.1) is 19.8 Å². The molecule has 6 heteroatoms. The number of carbonyl (C=O) groups is 1. The molecule has 1 aliphatic rings. The van der Waals surface area contributed by atoms with E-state index in [4.69, 9.17) is 0 Å². The molecule has 5 nitrogen and oxygen atoms in total. The van der Waals surface area contributed by atoms with Crippen LogP contribution in [0.3, 0.4) is 0 Å². The molecule has 1 aromatic carbocycles. The number of hydrogen-bond acceptors (Lipinski definition) is 3. The first kappa shape index (κ1) is 18.9. The Morgan fingerprint density at radius 3 is 2.42 bits per heavy atom. The molecule has 134 valence electrons. The first-order valence-electron chi connectivity index (χ1n) is 8.63. The number of aryl methyl sites for hydroxylation is 2. The number of nitrogens with zero attached hydrogens (tertiary/aromatic N) is 1. The molecule has 0 bridgehead atoms. The fourth-order valence-corrected chi connectivity index (χ4v) is 4.40. The Morgan fingerprint density at radius 1 is 1.25 bits per heavy atom. The summed E-state index contributed by atoms with van der Waals surface area (Å²) in [6.07, 6.45) is 2.05. The molecular weight excluding hydrogens is 324 g/mol. The number of nitrogens with one attached hydrogen (secondary N) is 1. The van der Waals surface area contributed by atoms with E-state index >= 15 is 0 Å². The van der Waals surface area contributed by atoms with Gasteiger partial charge >= 0.3 is 0 Å². The van der Waals surface area contributed by atoms with Crippen molar-refractivity contribution in [3.63, 3.8) is 0 Å². The second-order valence-electron chi connectivity index (χ2n) is 6.74. The van der Waals surface area contributed by atoms with Crippen LogP contribution in [-0.4, -0.2) is 37.8 Å². The molecule has 1 saturated heterocycles. The van der Waals surface area contributed by atoms with E-state index < -0.39 is 10.0 Å². The van der Waals surface area contributed by atoms with Crippen LogP contribution in [0.25, 0.3) is 0 Å². The lowest BCUT2D eigenvalue weighted by molar-refractivity contribution is -0.126. The van der Waals surface area contributed by atoms with Crippen LogP contribution in [0.4, 0.5) is 0 Å². The summed E-state index contributed by atoms with van der Waals surface area (Å²) in [6.45, 7) is 8.69. The topological polar surface area (TPSA) is 66.5 Å². The largest absolute Gasteiger partial charge is 0.353 e. The summed E-state index contributed by atoms with van der Waals surface area (Å²) >= 11 is 0. The van der Waals surface area contributed by atoms with Crippen molar-refractivity contribution in [2.24, 2.45) is 5.92 Å². The minimum Gasteiger partial charge on any atom is -0.353 e. The Labute approximate surface area is 145 Å². The molecule has 1 atom stereocenters. The van der Waals surface area contributed by atoms with Crippen LogP contribution in [0.5, 0.6) is 0 Å². The molecule has 1 heterocycles. The van der Waals surface area contributed by atoms with Gasteiger partial charge in [0.25, 0.3) is 0 Å². The van der Waals surface area contributed by atoms with Crippen LogP contribution >= 0.6 is 0 Å². The molecule has 1 aliphatic heterocycles. The first-order valence-corrected chi connectivity index (χ1v) is 10.1. The molecule has 1 N–H and O–H groups in total. The summed E-state index contributed by atoms with van der Waals surface area (Å²) in [5, 5.41) is 2.99. The standard InChI is InChI=1S/C18H28N2O3S/c1-5-15(4)19-18(21)16-8-10-20(11-9-16)24(22,23)17-7-6-13(2)14(3)12-17/h6-7,12,15-16H,5,8-11H2,1-4H3,(H,19,21). The maximum Gasteiger partial charge on any atom is 0.243 e. The predicted octanol–water partition coefficient (Wildman–Crippen LogP) is 2.62. The third-order valence-electron chi connectivity index (χ3n) is 4.94. The zero-order valence-electron chi connectivity index (χ0n) is 15.0. The Morgan fingerprint density at radius 2 is 1.88 bits per heavy atom. The average Bonchev–Trinajstić information content (AvgIpc) is 2.57. The molecule has 1 fully saturated rings. The van der Waals surface area contributed by atoms with Gasteiger partial charge in [0.2, 0.25) is 15.9 Å². The van der Waals surface area contributed by atoms with Crippen molar-refractivity contribution in [3.8, 4) is 0 Å². The summed E-state index contributed by atoms with van der Waals surface area (Å²) in [5.74, 6) is -0.0437. The summed E-state index contributed by atoms with van der Waals surface area (Å²) < 4.78 is 27.1. The first-order chi connectivity index (χ1) is 11.3. The van der Waals surface area contributed by atoms with E-state index in [-0.39, 0.29) is 17.9 Å². The zero-order valence-corrected chi connectivity index (χ0v) is 15.8. The van der Waals surface area contributed by atoms with E-state index in [1.54, 1.807) is 12.1 Å². The van der Waals surface area contributed by atoms with Gasteiger partial charge in [0, 0.05) is 25.0 Å². The second-order valence-corrected chi connectivity index (χ2v) is 8.68. The number of hydrogen-bond donors (Lipinski definition) is 1. The highest BCUT2D eigenvalue weighted by molar-refractivity contribution is 7.89. The van der Waals surface area contributed by atoms with Crippen molar-refractivity contribution < 1.29 is 13.2 Å². The van der Waals surface area contributed by atoms with Gasteiger partial charge in [0.15, 0.2) is 0 Å². The van der Waals surface area contributed by atoms with Gasteiger partial charge in [-0.2, -0.15) is 4.31 Å². The van der Waals surface area contributed by atoms with Crippen molar-refractivity contribution in [3.05, 3.63) is 29.3 Å². The molecule has 0 saturated carbocycles. The van der Waals surface area contributed by atoms with Crippen molar-refractivity contribution >= 4 is 15.9 Å². The van der Waals surface area contributed by atoms with Gasteiger partial charge in [-0.3, -0.25) is 4.79 Å². The van der Waals surface area contributed by atoms with Gasteiger partial charge in [-0.25, -0.2) is 8.42 Å². The van der Waals surface area contributed by atoms with Crippen molar-refractivity contribution in [1.82, 2.24) is 9.62 Å². The summed E-state index contributed by atoms with van der Waals surface area (Å²) in [4.78, 5) is 12.5. The van der Waals surface area contributed by atoms with E-state index in [1.807, 2.05) is 33.8 Å². The Kier molecular flexibility index (Phi) is 6.04. The second kappa shape index (κ2) is 7.66. The number of carbonyl (C=O) groups excluding carboxylic acids is 1. The van der Waals surface area contributed by atoms with Crippen molar-refractivity contribution in [2.75, 3.05) is 13.1 Å². The SMILES string of the molecule is CCC(C)NC(=O)C1CCN(S(=O)(=O)c2ccc(C)c(C)c2)CC1. The molecule has 24 heavy (non-hydrogen) atoms. The molecule has 0 spiro atoms. The smallest absolute Gasteiger partial charge is 0.243 e. The molecule has 0 aliphatic carbocycles.